The van der Waals surface area contributed by atoms with E-state index in [4.69, 9.17) is 5.10 Å². The number of phenolic OH excluding ortho intramolecular Hbond substituents is 1. The Morgan fingerprint density at radius 2 is 1.72 bits per heavy atom. The van der Waals surface area contributed by atoms with Gasteiger partial charge in [0, 0.05) is 36.7 Å². The Hall–Kier alpha value is -5.56. The Kier molecular flexibility index (Phi) is 10.1. The molecule has 0 saturated carbocycles. The molecule has 2 aromatic heterocycles. The van der Waals surface area contributed by atoms with Crippen molar-refractivity contribution in [3.8, 4) is 16.9 Å². The van der Waals surface area contributed by atoms with Crippen LogP contribution in [0.2, 0.25) is 0 Å². The molecule has 3 fully saturated rings. The number of anilines is 1. The molecule has 2 atom stereocenters. The van der Waals surface area contributed by atoms with E-state index in [0.717, 1.165) is 90.7 Å². The summed E-state index contributed by atoms with van der Waals surface area (Å²) in [5.41, 5.74) is 7.06. The Morgan fingerprint density at radius 1 is 0.926 bits per heavy atom. The van der Waals surface area contributed by atoms with Crippen LogP contribution in [0.4, 0.5) is 10.5 Å². The van der Waals surface area contributed by atoms with Gasteiger partial charge < -0.3 is 30.5 Å². The third-order valence-corrected chi connectivity index (χ3v) is 11.1. The maximum absolute atomic E-state index is 12.9. The smallest absolute Gasteiger partial charge is 0.412 e. The van der Waals surface area contributed by atoms with E-state index in [1.54, 1.807) is 21.8 Å². The van der Waals surface area contributed by atoms with Crippen molar-refractivity contribution >= 4 is 33.7 Å². The molecule has 0 radical (unpaired) electrons. The van der Waals surface area contributed by atoms with Gasteiger partial charge in [-0.15, -0.1) is 0 Å². The standard InChI is InChI=1S/C42H45N7O5/c50-38-15-12-32(33-13-16-40(52)44-41(33)38)39(51)25-43-24-28-10-14-34-35(22-28)46-48(45-34)19-5-4-6-27-9-11-31(29-7-2-1-3-8-29)36(23-27)49(42(53)54)37-26-47-20-17-30(37)18-21-47/h1-3,7-16,22-23,30,37,39,43,50-51H,4-6,17-21,24-26H2,(H,44,52)(H,53,54)/t37-,39+/m0/s1. The van der Waals surface area contributed by atoms with E-state index in [-0.39, 0.29) is 23.9 Å². The number of carboxylic acid groups (broad SMARTS) is 1. The number of aromatic hydroxyl groups is 1. The van der Waals surface area contributed by atoms with Gasteiger partial charge in [-0.05, 0) is 104 Å². The lowest BCUT2D eigenvalue weighted by Gasteiger charge is -2.48. The molecule has 5 heterocycles. The summed E-state index contributed by atoms with van der Waals surface area (Å²) in [6.07, 6.45) is 2.93. The molecule has 5 N–H and O–H groups in total. The fourth-order valence-corrected chi connectivity index (χ4v) is 8.25. The lowest BCUT2D eigenvalue weighted by Crippen LogP contribution is -2.59. The van der Waals surface area contributed by atoms with Crippen LogP contribution in [0.25, 0.3) is 33.1 Å². The fraction of sp³-hybridized carbons (Fsp3) is 0.333. The molecule has 0 aliphatic carbocycles. The molecule has 54 heavy (non-hydrogen) atoms. The first-order valence-corrected chi connectivity index (χ1v) is 18.8. The number of unbranched alkanes of at least 4 members (excludes halogenated alkanes) is 1. The lowest BCUT2D eigenvalue weighted by atomic mass is 9.82. The first-order valence-electron chi connectivity index (χ1n) is 18.8. The highest BCUT2D eigenvalue weighted by Crippen LogP contribution is 2.39. The Balaban J connectivity index is 0.892. The lowest BCUT2D eigenvalue weighted by molar-refractivity contribution is 0.0837. The number of hydrogen-bond donors (Lipinski definition) is 5. The molecular weight excluding hydrogens is 683 g/mol. The zero-order chi connectivity index (χ0) is 37.2. The number of nitrogens with zero attached hydrogens (tertiary/aromatic N) is 5. The summed E-state index contributed by atoms with van der Waals surface area (Å²) < 4.78 is 0. The normalized spacial score (nSPS) is 18.6. The Bertz CT molecular complexity index is 2330. The summed E-state index contributed by atoms with van der Waals surface area (Å²) in [6, 6.07) is 28.4. The van der Waals surface area contributed by atoms with Crippen LogP contribution in [0.15, 0.2) is 95.8 Å². The topological polar surface area (TPSA) is 160 Å². The van der Waals surface area contributed by atoms with E-state index in [1.165, 1.54) is 12.1 Å². The molecular formula is C42H45N7O5. The van der Waals surface area contributed by atoms with Crippen molar-refractivity contribution in [2.45, 2.75) is 57.3 Å². The molecule has 278 valence electrons. The second-order valence-corrected chi connectivity index (χ2v) is 14.6. The molecule has 0 unspecified atom stereocenters. The second-order valence-electron chi connectivity index (χ2n) is 14.6. The third kappa shape index (κ3) is 7.45. The predicted molar refractivity (Wildman–Crippen MR) is 209 cm³/mol. The zero-order valence-electron chi connectivity index (χ0n) is 30.1. The van der Waals surface area contributed by atoms with Crippen molar-refractivity contribution < 1.29 is 20.1 Å². The first kappa shape index (κ1) is 35.5. The van der Waals surface area contributed by atoms with Gasteiger partial charge in [-0.2, -0.15) is 15.0 Å². The SMILES string of the molecule is O=C(O)N(c1cc(CCCCn2nc3ccc(CNC[C@@H](O)c4ccc(O)c5[nH]c(=O)ccc45)cc3n2)ccc1-c1ccccc1)[C@H]1CN2CCC1CC2. The molecule has 3 saturated heterocycles. The second kappa shape index (κ2) is 15.4. The molecule has 9 rings (SSSR count). The molecule has 0 spiro atoms. The Morgan fingerprint density at radius 3 is 2.50 bits per heavy atom. The van der Waals surface area contributed by atoms with Crippen molar-refractivity contribution in [1.29, 1.82) is 0 Å². The highest BCUT2D eigenvalue weighted by atomic mass is 16.4. The van der Waals surface area contributed by atoms with Crippen molar-refractivity contribution in [1.82, 2.24) is 30.2 Å². The van der Waals surface area contributed by atoms with Gasteiger partial charge in [0.2, 0.25) is 5.56 Å². The number of pyridine rings is 1. The van der Waals surface area contributed by atoms with Crippen LogP contribution in [0.3, 0.4) is 0 Å². The number of aromatic amines is 1. The van der Waals surface area contributed by atoms with Gasteiger partial charge in [0.05, 0.1) is 29.9 Å². The van der Waals surface area contributed by atoms with Gasteiger partial charge in [0.15, 0.2) is 0 Å². The van der Waals surface area contributed by atoms with Crippen LogP contribution in [0.1, 0.15) is 48.5 Å². The average Bonchev–Trinajstić information content (AvgIpc) is 3.60. The number of H-pyrrole nitrogens is 1. The molecule has 4 aromatic carbocycles. The van der Waals surface area contributed by atoms with Gasteiger partial charge in [-0.25, -0.2) is 4.79 Å². The number of hydrogen-bond acceptors (Lipinski definition) is 8. The highest BCUT2D eigenvalue weighted by molar-refractivity contribution is 5.94. The van der Waals surface area contributed by atoms with Gasteiger partial charge >= 0.3 is 6.09 Å². The number of aliphatic hydroxyl groups is 1. The van der Waals surface area contributed by atoms with Gasteiger partial charge in [-0.3, -0.25) is 9.69 Å². The van der Waals surface area contributed by atoms with E-state index >= 15 is 0 Å². The summed E-state index contributed by atoms with van der Waals surface area (Å²) in [5, 5.41) is 45.0. The number of phenols is 1. The maximum Gasteiger partial charge on any atom is 0.412 e. The van der Waals surface area contributed by atoms with Crippen LogP contribution in [-0.2, 0) is 19.5 Å². The maximum atomic E-state index is 12.9. The summed E-state index contributed by atoms with van der Waals surface area (Å²) in [5.74, 6) is 0.336. The number of benzene rings is 4. The molecule has 2 bridgehead atoms. The van der Waals surface area contributed by atoms with Gasteiger partial charge in [-0.1, -0.05) is 54.6 Å². The molecule has 12 nitrogen and oxygen atoms in total. The van der Waals surface area contributed by atoms with Crippen molar-refractivity contribution in [2.75, 3.05) is 31.1 Å². The van der Waals surface area contributed by atoms with Crippen LogP contribution < -0.4 is 15.8 Å². The number of fused-ring (bicyclic) bond motifs is 5. The summed E-state index contributed by atoms with van der Waals surface area (Å²) in [7, 11) is 0. The van der Waals surface area contributed by atoms with Crippen molar-refractivity contribution in [3.05, 3.63) is 118 Å². The minimum Gasteiger partial charge on any atom is -0.506 e. The number of aryl methyl sites for hydroxylation is 2. The van der Waals surface area contributed by atoms with E-state index in [0.29, 0.717) is 35.5 Å². The molecule has 6 aromatic rings. The van der Waals surface area contributed by atoms with Crippen LogP contribution in [0, 0.1) is 5.92 Å². The zero-order valence-corrected chi connectivity index (χ0v) is 30.1. The summed E-state index contributed by atoms with van der Waals surface area (Å²) in [4.78, 5) is 33.1. The summed E-state index contributed by atoms with van der Waals surface area (Å²) in [6.45, 7) is 4.33. The van der Waals surface area contributed by atoms with Crippen LogP contribution in [0.5, 0.6) is 5.75 Å². The third-order valence-electron chi connectivity index (χ3n) is 11.1. The van der Waals surface area contributed by atoms with E-state index in [9.17, 15) is 24.9 Å². The van der Waals surface area contributed by atoms with E-state index in [2.05, 4.69) is 38.5 Å². The van der Waals surface area contributed by atoms with Crippen LogP contribution in [-0.4, -0.2) is 78.5 Å². The first-order chi connectivity index (χ1) is 26.3. The minimum atomic E-state index is -0.890. The number of rotatable bonds is 13. The quantitative estimate of drug-likeness (QED) is 0.0891. The minimum absolute atomic E-state index is 0.0422. The van der Waals surface area contributed by atoms with E-state index in [1.807, 2.05) is 48.5 Å². The monoisotopic (exact) mass is 727 g/mol. The molecule has 3 aliphatic heterocycles. The van der Waals surface area contributed by atoms with Gasteiger partial charge in [0.1, 0.15) is 16.8 Å². The van der Waals surface area contributed by atoms with Crippen molar-refractivity contribution in [3.63, 3.8) is 0 Å². The molecule has 3 aliphatic rings. The fourth-order valence-electron chi connectivity index (χ4n) is 8.25. The van der Waals surface area contributed by atoms with Crippen LogP contribution >= 0.6 is 0 Å². The Labute approximate surface area is 312 Å². The number of nitrogens with one attached hydrogen (secondary N) is 2. The molecule has 1 amide bonds. The largest absolute Gasteiger partial charge is 0.506 e. The van der Waals surface area contributed by atoms with Crippen molar-refractivity contribution in [2.24, 2.45) is 5.92 Å². The van der Waals surface area contributed by atoms with Gasteiger partial charge in [0.25, 0.3) is 0 Å². The number of amides is 1. The highest BCUT2D eigenvalue weighted by Gasteiger charge is 2.40. The predicted octanol–water partition coefficient (Wildman–Crippen LogP) is 6.07. The average molecular weight is 728 g/mol. The number of aliphatic hydroxyl groups excluding tert-OH is 1. The van der Waals surface area contributed by atoms with E-state index < -0.39 is 12.2 Å². The number of aromatic nitrogens is 4. The summed E-state index contributed by atoms with van der Waals surface area (Å²) >= 11 is 0. The molecule has 12 heteroatoms. The number of carbonyl (C=O) groups is 1. The number of piperidine rings is 3.